The monoisotopic (exact) mass is 179 g/mol. The third-order valence-electron chi connectivity index (χ3n) is 2.31. The van der Waals surface area contributed by atoms with Gasteiger partial charge in [0.05, 0.1) is 5.71 Å². The van der Waals surface area contributed by atoms with Crippen LogP contribution in [-0.2, 0) is 0 Å². The zero-order valence-corrected chi connectivity index (χ0v) is 7.59. The summed E-state index contributed by atoms with van der Waals surface area (Å²) in [6, 6.07) is 0. The fraction of sp³-hybridized carbons (Fsp3) is 0.889. The molecule has 1 aliphatic carbocycles. The third-order valence-corrected chi connectivity index (χ3v) is 2.31. The molecule has 0 amide bonds. The molecule has 1 aliphatic rings. The van der Waals surface area contributed by atoms with Gasteiger partial charge in [-0.15, -0.1) is 0 Å². The van der Waals surface area contributed by atoms with Gasteiger partial charge in [0.25, 0.3) is 0 Å². The second-order valence-corrected chi connectivity index (χ2v) is 4.52. The van der Waals surface area contributed by atoms with Crippen LogP contribution in [0.15, 0.2) is 5.16 Å². The first-order valence-corrected chi connectivity index (χ1v) is 4.23. The Kier molecular flexibility index (Phi) is 4.82. The molecule has 1 N–H and O–H groups in total. The van der Waals surface area contributed by atoms with E-state index < -0.39 is 0 Å². The van der Waals surface area contributed by atoms with E-state index in [-0.39, 0.29) is 29.6 Å². The van der Waals surface area contributed by atoms with Gasteiger partial charge in [0.2, 0.25) is 0 Å². The summed E-state index contributed by atoms with van der Waals surface area (Å²) in [5.74, 6) is 0.671. The molecule has 0 radical (unpaired) electrons. The number of hydrogen-bond acceptors (Lipinski definition) is 2. The molecule has 1 saturated carbocycles. The number of nitrogens with zero attached hydrogens (tertiary/aromatic N) is 1. The average Bonchev–Trinajstić information content (AvgIpc) is 1.83. The molecule has 1 fully saturated rings. The van der Waals surface area contributed by atoms with E-state index in [1.165, 1.54) is 6.42 Å². The number of hydrogen-bond donors (Lipinski definition) is 1. The van der Waals surface area contributed by atoms with Crippen molar-refractivity contribution in [2.24, 2.45) is 16.5 Å². The molecule has 1 atom stereocenters. The van der Waals surface area contributed by atoms with Crippen molar-refractivity contribution in [3.05, 3.63) is 0 Å². The van der Waals surface area contributed by atoms with E-state index in [0.29, 0.717) is 11.3 Å². The summed E-state index contributed by atoms with van der Waals surface area (Å²) in [5.41, 5.74) is 1.30. The van der Waals surface area contributed by atoms with Crippen LogP contribution >= 0.6 is 0 Å². The van der Waals surface area contributed by atoms with Crippen LogP contribution in [0.5, 0.6) is 0 Å². The van der Waals surface area contributed by atoms with Crippen molar-refractivity contribution in [2.75, 3.05) is 0 Å². The molecule has 0 aromatic carbocycles. The molecule has 1 unspecified atom stereocenters. The quantitative estimate of drug-likeness (QED) is 0.344. The standard InChI is InChI=1S/C9H17NO.Na.H/c1-7-4-8(10-11)6-9(2,3)5-7;;/h7,11H,4-6H2,1-3H3;;/b10-8-;;. The first kappa shape index (κ1) is 12.5. The molecule has 66 valence electrons. The van der Waals surface area contributed by atoms with Gasteiger partial charge >= 0.3 is 29.6 Å². The summed E-state index contributed by atoms with van der Waals surface area (Å²) in [6.45, 7) is 6.67. The Balaban J connectivity index is 0.00000121. The predicted molar refractivity (Wildman–Crippen MR) is 53.2 cm³/mol. The van der Waals surface area contributed by atoms with Crippen molar-refractivity contribution in [3.8, 4) is 0 Å². The summed E-state index contributed by atoms with van der Waals surface area (Å²) >= 11 is 0. The maximum atomic E-state index is 8.63. The first-order chi connectivity index (χ1) is 5.03. The van der Waals surface area contributed by atoms with Crippen molar-refractivity contribution in [3.63, 3.8) is 0 Å². The van der Waals surface area contributed by atoms with Crippen LogP contribution in [-0.4, -0.2) is 40.5 Å². The fourth-order valence-electron chi connectivity index (χ4n) is 2.19. The van der Waals surface area contributed by atoms with Gasteiger partial charge in [-0.1, -0.05) is 25.9 Å². The van der Waals surface area contributed by atoms with E-state index in [1.807, 2.05) is 0 Å². The van der Waals surface area contributed by atoms with Crippen LogP contribution in [0.4, 0.5) is 0 Å². The Morgan fingerprint density at radius 2 is 2.08 bits per heavy atom. The molecular formula is C9H18NNaO. The SMILES string of the molecule is CC1C/C(=N/O)CC(C)(C)C1.[NaH]. The summed E-state index contributed by atoms with van der Waals surface area (Å²) in [6.07, 6.45) is 3.17. The molecule has 0 bridgehead atoms. The minimum absolute atomic E-state index is 0. The molecule has 0 aromatic heterocycles. The van der Waals surface area contributed by atoms with Crippen LogP contribution in [0, 0.1) is 11.3 Å². The normalized spacial score (nSPS) is 31.2. The molecule has 12 heavy (non-hydrogen) atoms. The van der Waals surface area contributed by atoms with Crippen molar-refractivity contribution >= 4 is 35.3 Å². The van der Waals surface area contributed by atoms with Crippen LogP contribution < -0.4 is 0 Å². The van der Waals surface area contributed by atoms with Gasteiger partial charge in [0.1, 0.15) is 0 Å². The van der Waals surface area contributed by atoms with Gasteiger partial charge in [0, 0.05) is 0 Å². The summed E-state index contributed by atoms with van der Waals surface area (Å²) in [7, 11) is 0. The minimum atomic E-state index is 0. The van der Waals surface area contributed by atoms with Crippen LogP contribution in [0.2, 0.25) is 0 Å². The molecule has 0 spiro atoms. The van der Waals surface area contributed by atoms with Crippen molar-refractivity contribution in [1.29, 1.82) is 0 Å². The molecule has 0 aromatic rings. The Labute approximate surface area is 96.7 Å². The van der Waals surface area contributed by atoms with E-state index in [2.05, 4.69) is 25.9 Å². The van der Waals surface area contributed by atoms with Gasteiger partial charge in [0.15, 0.2) is 0 Å². The second-order valence-electron chi connectivity index (χ2n) is 4.52. The Hall–Kier alpha value is 0.470. The Morgan fingerprint density at radius 1 is 1.50 bits per heavy atom. The first-order valence-electron chi connectivity index (χ1n) is 4.23. The van der Waals surface area contributed by atoms with Gasteiger partial charge in [-0.25, -0.2) is 0 Å². The molecule has 1 rings (SSSR count). The number of oxime groups is 1. The Morgan fingerprint density at radius 3 is 2.50 bits per heavy atom. The maximum absolute atomic E-state index is 8.63. The second kappa shape index (κ2) is 4.64. The van der Waals surface area contributed by atoms with E-state index in [0.717, 1.165) is 18.6 Å². The zero-order valence-electron chi connectivity index (χ0n) is 7.59. The van der Waals surface area contributed by atoms with Crippen molar-refractivity contribution < 1.29 is 5.21 Å². The van der Waals surface area contributed by atoms with Gasteiger partial charge in [-0.05, 0) is 30.6 Å². The third kappa shape index (κ3) is 3.46. The van der Waals surface area contributed by atoms with Crippen LogP contribution in [0.1, 0.15) is 40.0 Å². The van der Waals surface area contributed by atoms with Crippen LogP contribution in [0.3, 0.4) is 0 Å². The summed E-state index contributed by atoms with van der Waals surface area (Å²) < 4.78 is 0. The molecular weight excluding hydrogens is 161 g/mol. The van der Waals surface area contributed by atoms with E-state index in [1.54, 1.807) is 0 Å². The molecule has 0 heterocycles. The van der Waals surface area contributed by atoms with Gasteiger partial charge < -0.3 is 5.21 Å². The van der Waals surface area contributed by atoms with Gasteiger partial charge in [-0.2, -0.15) is 0 Å². The average molecular weight is 179 g/mol. The van der Waals surface area contributed by atoms with E-state index in [9.17, 15) is 0 Å². The topological polar surface area (TPSA) is 32.6 Å². The van der Waals surface area contributed by atoms with Crippen molar-refractivity contribution in [2.45, 2.75) is 40.0 Å². The zero-order chi connectivity index (χ0) is 8.48. The van der Waals surface area contributed by atoms with Crippen LogP contribution in [0.25, 0.3) is 0 Å². The summed E-state index contributed by atoms with van der Waals surface area (Å²) in [4.78, 5) is 0. The molecule has 3 heteroatoms. The van der Waals surface area contributed by atoms with Gasteiger partial charge in [-0.3, -0.25) is 0 Å². The molecule has 2 nitrogen and oxygen atoms in total. The predicted octanol–water partition coefficient (Wildman–Crippen LogP) is 2.01. The van der Waals surface area contributed by atoms with Crippen molar-refractivity contribution in [1.82, 2.24) is 0 Å². The van der Waals surface area contributed by atoms with E-state index in [4.69, 9.17) is 5.21 Å². The number of rotatable bonds is 0. The van der Waals surface area contributed by atoms with E-state index >= 15 is 0 Å². The summed E-state index contributed by atoms with van der Waals surface area (Å²) in [5, 5.41) is 11.9. The molecule has 0 saturated heterocycles. The Bertz CT molecular complexity index is 177. The molecule has 0 aliphatic heterocycles. The fourth-order valence-corrected chi connectivity index (χ4v) is 2.19.